The molecule has 2 aromatic rings. The summed E-state index contributed by atoms with van der Waals surface area (Å²) < 4.78 is 5.59. The molecule has 4 aliphatic rings. The van der Waals surface area contributed by atoms with E-state index in [1.165, 1.54) is 24.3 Å². The number of nitrogens with zero attached hydrogens (tertiary/aromatic N) is 2. The van der Waals surface area contributed by atoms with Crippen molar-refractivity contribution in [1.29, 1.82) is 0 Å². The molecule has 10 nitrogen and oxygen atoms in total. The SMILES string of the molecule is CCOc1cccc(C2C3=CCC4C(=O)N(c5cccc(C(=O)O)c5)C(=O)C4C3CC3(Cl)C(=O)N(CBr)C(=O)C23Cl)c1O. The van der Waals surface area contributed by atoms with Gasteiger partial charge in [0.05, 0.1) is 35.1 Å². The molecule has 2 N–H and O–H groups in total. The van der Waals surface area contributed by atoms with Gasteiger partial charge in [-0.1, -0.05) is 45.8 Å². The first-order valence-corrected chi connectivity index (χ1v) is 15.5. The molecule has 6 unspecified atom stereocenters. The standard InChI is InChI=1S/C30H25BrCl2N2O8/c1-2-43-20-8-4-7-18(23(20)36)22-16-9-10-17-21(19(16)12-29(32)27(41)34(13-31)28(42)30(22,29)33)25(38)35(24(17)37)15-6-3-5-14(11-15)26(39)40/h3-9,11,17,19,21-22,36H,2,10,12-13H2,1H3,(H,39,40). The molecule has 3 fully saturated rings. The second-order valence-corrected chi connectivity index (χ2v) is 12.7. The Balaban J connectivity index is 1.52. The number of carbonyl (C=O) groups excluding carboxylic acids is 4. The minimum absolute atomic E-state index is 0.0919. The summed E-state index contributed by atoms with van der Waals surface area (Å²) in [7, 11) is 0. The summed E-state index contributed by atoms with van der Waals surface area (Å²) in [6, 6.07) is 10.3. The number of amides is 4. The van der Waals surface area contributed by atoms with E-state index in [4.69, 9.17) is 27.9 Å². The highest BCUT2D eigenvalue weighted by atomic mass is 79.9. The lowest BCUT2D eigenvalue weighted by Gasteiger charge is -2.50. The van der Waals surface area contributed by atoms with Crippen LogP contribution in [0.2, 0.25) is 0 Å². The Kier molecular flexibility index (Phi) is 7.14. The molecule has 2 heterocycles. The number of aromatic hydroxyl groups is 1. The van der Waals surface area contributed by atoms with E-state index < -0.39 is 63.0 Å². The highest BCUT2D eigenvalue weighted by Crippen LogP contribution is 2.66. The average Bonchev–Trinajstić information content (AvgIpc) is 3.32. The molecule has 2 aromatic carbocycles. The summed E-state index contributed by atoms with van der Waals surface area (Å²) in [5.74, 6) is -7.68. The number of phenolic OH excluding ortho intramolecular Hbond substituents is 1. The summed E-state index contributed by atoms with van der Waals surface area (Å²) in [6.45, 7) is 1.99. The van der Waals surface area contributed by atoms with Crippen LogP contribution in [0.1, 0.15) is 41.6 Å². The van der Waals surface area contributed by atoms with Gasteiger partial charge < -0.3 is 14.9 Å². The second-order valence-electron chi connectivity index (χ2n) is 11.0. The van der Waals surface area contributed by atoms with Crippen molar-refractivity contribution in [3.8, 4) is 11.5 Å². The van der Waals surface area contributed by atoms with Crippen LogP contribution >= 0.6 is 39.1 Å². The summed E-state index contributed by atoms with van der Waals surface area (Å²) in [5.41, 5.74) is 0.555. The van der Waals surface area contributed by atoms with E-state index in [9.17, 15) is 34.2 Å². The molecule has 6 rings (SSSR count). The van der Waals surface area contributed by atoms with E-state index in [1.807, 2.05) is 0 Å². The van der Waals surface area contributed by atoms with Crippen LogP contribution < -0.4 is 9.64 Å². The van der Waals surface area contributed by atoms with Crippen molar-refractivity contribution in [2.75, 3.05) is 17.0 Å². The molecular formula is C30H25BrCl2N2O8. The third-order valence-corrected chi connectivity index (χ3v) is 10.9. The maximum atomic E-state index is 14.1. The zero-order chi connectivity index (χ0) is 31.0. The number of imide groups is 2. The van der Waals surface area contributed by atoms with Gasteiger partial charge in [-0.2, -0.15) is 0 Å². The van der Waals surface area contributed by atoms with Gasteiger partial charge in [0, 0.05) is 11.5 Å². The number of likely N-dealkylation sites (tertiary alicyclic amines) is 1. The average molecular weight is 692 g/mol. The van der Waals surface area contributed by atoms with Gasteiger partial charge in [-0.25, -0.2) is 4.79 Å². The lowest BCUT2D eigenvalue weighted by atomic mass is 9.56. The van der Waals surface area contributed by atoms with Gasteiger partial charge in [-0.3, -0.25) is 29.0 Å². The van der Waals surface area contributed by atoms with Crippen molar-refractivity contribution in [2.45, 2.75) is 35.4 Å². The Labute approximate surface area is 264 Å². The fourth-order valence-electron chi connectivity index (χ4n) is 7.18. The minimum Gasteiger partial charge on any atom is -0.504 e. The van der Waals surface area contributed by atoms with Gasteiger partial charge in [-0.05, 0) is 49.9 Å². The number of allylic oxidation sites excluding steroid dienone is 2. The number of ether oxygens (including phenoxy) is 1. The molecule has 6 atom stereocenters. The van der Waals surface area contributed by atoms with E-state index in [0.29, 0.717) is 5.57 Å². The van der Waals surface area contributed by atoms with Crippen molar-refractivity contribution < 1.29 is 38.9 Å². The van der Waals surface area contributed by atoms with E-state index in [2.05, 4.69) is 15.9 Å². The van der Waals surface area contributed by atoms with Crippen LogP contribution in [0.3, 0.4) is 0 Å². The topological polar surface area (TPSA) is 142 Å². The van der Waals surface area contributed by atoms with Crippen LogP contribution in [0, 0.1) is 17.8 Å². The van der Waals surface area contributed by atoms with Gasteiger partial charge in [0.15, 0.2) is 21.2 Å². The Morgan fingerprint density at radius 1 is 1.07 bits per heavy atom. The monoisotopic (exact) mass is 690 g/mol. The molecule has 0 aromatic heterocycles. The number of anilines is 1. The Morgan fingerprint density at radius 3 is 2.47 bits per heavy atom. The highest BCUT2D eigenvalue weighted by Gasteiger charge is 2.76. The number of carboxylic acid groups (broad SMARTS) is 1. The summed E-state index contributed by atoms with van der Waals surface area (Å²) in [5, 5.41) is 20.8. The molecule has 2 saturated heterocycles. The summed E-state index contributed by atoms with van der Waals surface area (Å²) in [4.78, 5) is 64.8. The van der Waals surface area contributed by atoms with Crippen LogP contribution in [-0.4, -0.2) is 66.5 Å². The summed E-state index contributed by atoms with van der Waals surface area (Å²) in [6.07, 6.45) is 1.65. The first-order chi connectivity index (χ1) is 20.4. The molecule has 224 valence electrons. The Morgan fingerprint density at radius 2 is 1.79 bits per heavy atom. The molecule has 43 heavy (non-hydrogen) atoms. The first kappa shape index (κ1) is 29.7. The van der Waals surface area contributed by atoms with E-state index >= 15 is 0 Å². The van der Waals surface area contributed by atoms with Gasteiger partial charge in [0.1, 0.15) is 0 Å². The largest absolute Gasteiger partial charge is 0.504 e. The second kappa shape index (κ2) is 10.3. The fourth-order valence-corrected chi connectivity index (χ4v) is 8.59. The smallest absolute Gasteiger partial charge is 0.335 e. The van der Waals surface area contributed by atoms with Crippen LogP contribution in [0.5, 0.6) is 11.5 Å². The Hall–Kier alpha value is -3.41. The normalized spacial score (nSPS) is 31.5. The van der Waals surface area contributed by atoms with Crippen LogP contribution in [0.4, 0.5) is 5.69 Å². The van der Waals surface area contributed by atoms with Crippen molar-refractivity contribution >= 4 is 74.4 Å². The number of rotatable bonds is 6. The number of aromatic carboxylic acids is 1. The van der Waals surface area contributed by atoms with E-state index in [0.717, 1.165) is 9.80 Å². The van der Waals surface area contributed by atoms with Crippen LogP contribution in [0.15, 0.2) is 54.1 Å². The maximum Gasteiger partial charge on any atom is 0.335 e. The molecule has 0 bridgehead atoms. The summed E-state index contributed by atoms with van der Waals surface area (Å²) >= 11 is 17.6. The first-order valence-electron chi connectivity index (χ1n) is 13.6. The fraction of sp³-hybridized carbons (Fsp3) is 0.367. The lowest BCUT2D eigenvalue weighted by Crippen LogP contribution is -2.60. The molecule has 4 amide bonds. The third kappa shape index (κ3) is 3.93. The molecule has 1 saturated carbocycles. The van der Waals surface area contributed by atoms with Gasteiger partial charge in [-0.15, -0.1) is 23.2 Å². The van der Waals surface area contributed by atoms with E-state index in [1.54, 1.807) is 31.2 Å². The van der Waals surface area contributed by atoms with Gasteiger partial charge >= 0.3 is 5.97 Å². The predicted molar refractivity (Wildman–Crippen MR) is 159 cm³/mol. The predicted octanol–water partition coefficient (Wildman–Crippen LogP) is 4.40. The van der Waals surface area contributed by atoms with Crippen LogP contribution in [-0.2, 0) is 19.2 Å². The number of hydrogen-bond acceptors (Lipinski definition) is 7. The highest BCUT2D eigenvalue weighted by molar-refractivity contribution is 9.09. The van der Waals surface area contributed by atoms with Crippen molar-refractivity contribution in [3.63, 3.8) is 0 Å². The van der Waals surface area contributed by atoms with Crippen molar-refractivity contribution in [3.05, 3.63) is 65.2 Å². The molecule has 0 radical (unpaired) electrons. The number of fused-ring (bicyclic) bond motifs is 4. The van der Waals surface area contributed by atoms with E-state index in [-0.39, 0.29) is 53.2 Å². The number of halogens is 3. The number of alkyl halides is 3. The number of hydrogen-bond donors (Lipinski definition) is 2. The quantitative estimate of drug-likeness (QED) is 0.197. The molecule has 2 aliphatic carbocycles. The molecule has 13 heteroatoms. The van der Waals surface area contributed by atoms with Crippen molar-refractivity contribution in [2.24, 2.45) is 17.8 Å². The number of carbonyl (C=O) groups is 5. The van der Waals surface area contributed by atoms with Crippen LogP contribution in [0.25, 0.3) is 0 Å². The van der Waals surface area contributed by atoms with Crippen molar-refractivity contribution in [1.82, 2.24) is 4.90 Å². The third-order valence-electron chi connectivity index (χ3n) is 9.01. The van der Waals surface area contributed by atoms with Gasteiger partial charge in [0.25, 0.3) is 11.8 Å². The Bertz CT molecular complexity index is 1650. The lowest BCUT2D eigenvalue weighted by molar-refractivity contribution is -0.138. The molecule has 2 aliphatic heterocycles. The number of carboxylic acids is 1. The number of para-hydroxylation sites is 1. The molecular weight excluding hydrogens is 667 g/mol. The minimum atomic E-state index is -2.07. The molecule has 0 spiro atoms. The zero-order valence-corrected chi connectivity index (χ0v) is 25.7. The zero-order valence-electron chi connectivity index (χ0n) is 22.6. The maximum absolute atomic E-state index is 14.1. The number of phenols is 1. The van der Waals surface area contributed by atoms with Gasteiger partial charge in [0.2, 0.25) is 11.8 Å². The number of benzene rings is 2.